The fourth-order valence-corrected chi connectivity index (χ4v) is 2.26. The molecular weight excluding hydrogens is 262 g/mol. The molecule has 0 aromatic carbocycles. The average Bonchev–Trinajstić information content (AvgIpc) is 2.84. The van der Waals surface area contributed by atoms with Crippen LogP contribution in [-0.2, 0) is 4.79 Å². The van der Waals surface area contributed by atoms with Crippen molar-refractivity contribution < 1.29 is 9.59 Å². The van der Waals surface area contributed by atoms with Crippen LogP contribution < -0.4 is 11.1 Å². The van der Waals surface area contributed by atoms with E-state index in [1.807, 2.05) is 6.92 Å². The summed E-state index contributed by atoms with van der Waals surface area (Å²) in [5, 5.41) is 2.65. The summed E-state index contributed by atoms with van der Waals surface area (Å²) in [6.45, 7) is 2.73. The number of rotatable bonds is 4. The third kappa shape index (κ3) is 4.73. The van der Waals surface area contributed by atoms with Crippen LogP contribution in [0.2, 0.25) is 0 Å². The Morgan fingerprint density at radius 1 is 1.47 bits per heavy atom. The molecule has 102 valence electrons. The number of likely N-dealkylation sites (N-methyl/N-ethyl adjacent to an activating group) is 2. The van der Waals surface area contributed by atoms with Gasteiger partial charge in [0.15, 0.2) is 0 Å². The first-order chi connectivity index (χ1) is 9.08. The number of hydrogen-bond donors (Lipinski definition) is 2. The molecule has 0 radical (unpaired) electrons. The zero-order valence-electron chi connectivity index (χ0n) is 11.0. The van der Waals surface area contributed by atoms with Gasteiger partial charge in [0.2, 0.25) is 5.91 Å². The molecule has 1 aromatic heterocycles. The summed E-state index contributed by atoms with van der Waals surface area (Å²) in [4.78, 5) is 26.2. The van der Waals surface area contributed by atoms with Crippen molar-refractivity contribution in [1.29, 1.82) is 0 Å². The summed E-state index contributed by atoms with van der Waals surface area (Å²) in [5.41, 5.74) is 5.29. The fraction of sp³-hybridized carbons (Fsp3) is 0.385. The number of nitrogens with zero attached hydrogens (tertiary/aromatic N) is 1. The molecule has 0 spiro atoms. The van der Waals surface area contributed by atoms with Crippen LogP contribution in [0.15, 0.2) is 12.1 Å². The van der Waals surface area contributed by atoms with Crippen molar-refractivity contribution in [2.24, 2.45) is 5.73 Å². The molecule has 0 fully saturated rings. The standard InChI is InChI=1S/C13H17N3O2S/c1-3-15-12(17)9-16(2)13(18)11-7-6-10(19-11)5-4-8-14/h6-7H,3,8-9,14H2,1-2H3,(H,15,17). The highest BCUT2D eigenvalue weighted by atomic mass is 32.1. The molecule has 0 aliphatic carbocycles. The summed E-state index contributed by atoms with van der Waals surface area (Å²) >= 11 is 1.30. The highest BCUT2D eigenvalue weighted by Gasteiger charge is 2.16. The molecular formula is C13H17N3O2S. The normalized spacial score (nSPS) is 9.42. The van der Waals surface area contributed by atoms with E-state index in [-0.39, 0.29) is 24.9 Å². The number of carbonyl (C=O) groups is 2. The van der Waals surface area contributed by atoms with Crippen LogP contribution in [0.3, 0.4) is 0 Å². The molecule has 1 rings (SSSR count). The van der Waals surface area contributed by atoms with Crippen molar-refractivity contribution in [3.8, 4) is 11.8 Å². The molecule has 0 atom stereocenters. The van der Waals surface area contributed by atoms with Gasteiger partial charge < -0.3 is 16.0 Å². The maximum atomic E-state index is 12.1. The number of carbonyl (C=O) groups excluding carboxylic acids is 2. The van der Waals surface area contributed by atoms with Gasteiger partial charge in [0.25, 0.3) is 5.91 Å². The van der Waals surface area contributed by atoms with Gasteiger partial charge in [-0.1, -0.05) is 11.8 Å². The van der Waals surface area contributed by atoms with Crippen LogP contribution in [0.4, 0.5) is 0 Å². The summed E-state index contributed by atoms with van der Waals surface area (Å²) in [6, 6.07) is 3.49. The minimum Gasteiger partial charge on any atom is -0.355 e. The smallest absolute Gasteiger partial charge is 0.264 e. The predicted molar refractivity (Wildman–Crippen MR) is 75.9 cm³/mol. The van der Waals surface area contributed by atoms with Gasteiger partial charge in [-0.15, -0.1) is 11.3 Å². The largest absolute Gasteiger partial charge is 0.355 e. The minimum absolute atomic E-state index is 0.0500. The molecule has 0 aliphatic heterocycles. The molecule has 3 N–H and O–H groups in total. The molecule has 0 bridgehead atoms. The maximum absolute atomic E-state index is 12.1. The number of nitrogens with one attached hydrogen (secondary N) is 1. The third-order valence-electron chi connectivity index (χ3n) is 2.23. The van der Waals surface area contributed by atoms with Gasteiger partial charge in [0, 0.05) is 13.6 Å². The van der Waals surface area contributed by atoms with Gasteiger partial charge in [-0.05, 0) is 19.1 Å². The molecule has 6 heteroatoms. The monoisotopic (exact) mass is 279 g/mol. The van der Waals surface area contributed by atoms with Crippen molar-refractivity contribution in [3.63, 3.8) is 0 Å². The summed E-state index contributed by atoms with van der Waals surface area (Å²) < 4.78 is 0. The van der Waals surface area contributed by atoms with E-state index >= 15 is 0 Å². The topological polar surface area (TPSA) is 75.4 Å². The first-order valence-corrected chi connectivity index (χ1v) is 6.71. The van der Waals surface area contributed by atoms with E-state index in [1.165, 1.54) is 16.2 Å². The highest BCUT2D eigenvalue weighted by molar-refractivity contribution is 7.14. The van der Waals surface area contributed by atoms with E-state index in [4.69, 9.17) is 5.73 Å². The highest BCUT2D eigenvalue weighted by Crippen LogP contribution is 2.16. The zero-order valence-corrected chi connectivity index (χ0v) is 11.8. The Hall–Kier alpha value is -1.84. The second kappa shape index (κ2) is 7.56. The van der Waals surface area contributed by atoms with Crippen LogP contribution in [-0.4, -0.2) is 43.4 Å². The number of amides is 2. The minimum atomic E-state index is -0.183. The molecule has 19 heavy (non-hydrogen) atoms. The second-order valence-electron chi connectivity index (χ2n) is 3.78. The van der Waals surface area contributed by atoms with Crippen LogP contribution in [0.5, 0.6) is 0 Å². The van der Waals surface area contributed by atoms with E-state index < -0.39 is 0 Å². The molecule has 0 unspecified atom stereocenters. The average molecular weight is 279 g/mol. The SMILES string of the molecule is CCNC(=O)CN(C)C(=O)c1ccc(C#CCN)s1. The van der Waals surface area contributed by atoms with Crippen LogP contribution >= 0.6 is 11.3 Å². The van der Waals surface area contributed by atoms with Crippen molar-refractivity contribution in [3.05, 3.63) is 21.9 Å². The Balaban J connectivity index is 2.66. The van der Waals surface area contributed by atoms with E-state index in [9.17, 15) is 9.59 Å². The Kier molecular flexibility index (Phi) is 6.06. The summed E-state index contributed by atoms with van der Waals surface area (Å²) in [6.07, 6.45) is 0. The van der Waals surface area contributed by atoms with Crippen molar-refractivity contribution >= 4 is 23.2 Å². The fourth-order valence-electron chi connectivity index (χ4n) is 1.39. The lowest BCUT2D eigenvalue weighted by Gasteiger charge is -2.15. The second-order valence-corrected chi connectivity index (χ2v) is 4.87. The van der Waals surface area contributed by atoms with Gasteiger partial charge in [-0.3, -0.25) is 9.59 Å². The van der Waals surface area contributed by atoms with Gasteiger partial charge in [-0.2, -0.15) is 0 Å². The van der Waals surface area contributed by atoms with E-state index in [0.29, 0.717) is 11.4 Å². The number of hydrogen-bond acceptors (Lipinski definition) is 4. The van der Waals surface area contributed by atoms with Crippen LogP contribution in [0.25, 0.3) is 0 Å². The third-order valence-corrected chi connectivity index (χ3v) is 3.22. The number of thiophene rings is 1. The molecule has 1 heterocycles. The van der Waals surface area contributed by atoms with Gasteiger partial charge in [-0.25, -0.2) is 0 Å². The zero-order chi connectivity index (χ0) is 14.3. The quantitative estimate of drug-likeness (QED) is 0.777. The maximum Gasteiger partial charge on any atom is 0.264 e. The van der Waals surface area contributed by atoms with E-state index in [2.05, 4.69) is 17.2 Å². The lowest BCUT2D eigenvalue weighted by molar-refractivity contribution is -0.121. The predicted octanol–water partition coefficient (Wildman–Crippen LogP) is 0.266. The lowest BCUT2D eigenvalue weighted by Crippen LogP contribution is -2.37. The molecule has 5 nitrogen and oxygen atoms in total. The van der Waals surface area contributed by atoms with Gasteiger partial charge in [0.1, 0.15) is 0 Å². The molecule has 2 amide bonds. The van der Waals surface area contributed by atoms with E-state index in [1.54, 1.807) is 19.2 Å². The summed E-state index contributed by atoms with van der Waals surface area (Å²) in [7, 11) is 1.60. The van der Waals surface area contributed by atoms with Gasteiger partial charge >= 0.3 is 0 Å². The molecule has 1 aromatic rings. The van der Waals surface area contributed by atoms with E-state index in [0.717, 1.165) is 4.88 Å². The Bertz CT molecular complexity index is 513. The Morgan fingerprint density at radius 2 is 2.21 bits per heavy atom. The number of nitrogens with two attached hydrogens (primary N) is 1. The van der Waals surface area contributed by atoms with Crippen molar-refractivity contribution in [2.45, 2.75) is 6.92 Å². The van der Waals surface area contributed by atoms with Crippen LogP contribution in [0.1, 0.15) is 21.5 Å². The van der Waals surface area contributed by atoms with Crippen molar-refractivity contribution in [2.75, 3.05) is 26.7 Å². The lowest BCUT2D eigenvalue weighted by atomic mass is 10.3. The van der Waals surface area contributed by atoms with Crippen molar-refractivity contribution in [1.82, 2.24) is 10.2 Å². The van der Waals surface area contributed by atoms with Crippen LogP contribution in [0, 0.1) is 11.8 Å². The molecule has 0 saturated heterocycles. The molecule has 0 saturated carbocycles. The summed E-state index contributed by atoms with van der Waals surface area (Å²) in [5.74, 6) is 5.26. The van der Waals surface area contributed by atoms with Gasteiger partial charge in [0.05, 0.1) is 22.8 Å². The molecule has 0 aliphatic rings. The first-order valence-electron chi connectivity index (χ1n) is 5.89. The Labute approximate surface area is 116 Å². The first kappa shape index (κ1) is 15.2. The Morgan fingerprint density at radius 3 is 2.84 bits per heavy atom.